The van der Waals surface area contributed by atoms with Gasteiger partial charge in [-0.3, -0.25) is 4.79 Å². The van der Waals surface area contributed by atoms with E-state index in [2.05, 4.69) is 0 Å². The fourth-order valence-electron chi connectivity index (χ4n) is 1.69. The number of aldehydes is 1. The maximum Gasteiger partial charge on any atom is 0.150 e. The first kappa shape index (κ1) is 10.6. The third-order valence-electron chi connectivity index (χ3n) is 2.47. The Kier molecular flexibility index (Phi) is 2.82. The second-order valence-electron chi connectivity index (χ2n) is 3.72. The Morgan fingerprint density at radius 1 is 1.12 bits per heavy atom. The molecule has 80 valence electrons. The van der Waals surface area contributed by atoms with Crippen LogP contribution in [0.4, 0.5) is 4.39 Å². The van der Waals surface area contributed by atoms with Gasteiger partial charge >= 0.3 is 0 Å². The molecular weight excluding hydrogens is 203 g/mol. The number of carbonyl (C=O) groups is 1. The van der Waals surface area contributed by atoms with Crippen molar-refractivity contribution >= 4 is 6.29 Å². The molecule has 0 N–H and O–H groups in total. The van der Waals surface area contributed by atoms with Gasteiger partial charge in [-0.25, -0.2) is 4.39 Å². The van der Waals surface area contributed by atoms with Gasteiger partial charge in [0.1, 0.15) is 5.82 Å². The van der Waals surface area contributed by atoms with Crippen LogP contribution in [0.25, 0.3) is 11.1 Å². The highest BCUT2D eigenvalue weighted by molar-refractivity contribution is 5.87. The normalized spacial score (nSPS) is 10.1. The molecule has 0 aliphatic carbocycles. The molecule has 2 aromatic rings. The van der Waals surface area contributed by atoms with Gasteiger partial charge in [0, 0.05) is 5.56 Å². The van der Waals surface area contributed by atoms with Crippen molar-refractivity contribution in [2.45, 2.75) is 6.92 Å². The van der Waals surface area contributed by atoms with Gasteiger partial charge < -0.3 is 0 Å². The van der Waals surface area contributed by atoms with Gasteiger partial charge in [0.2, 0.25) is 0 Å². The van der Waals surface area contributed by atoms with Crippen LogP contribution in [0.15, 0.2) is 42.5 Å². The molecule has 2 rings (SSSR count). The maximum absolute atomic E-state index is 13.2. The summed E-state index contributed by atoms with van der Waals surface area (Å²) in [5, 5.41) is 0. The van der Waals surface area contributed by atoms with Crippen molar-refractivity contribution in [1.29, 1.82) is 0 Å². The number of halogens is 1. The molecule has 0 saturated carbocycles. The molecule has 0 fully saturated rings. The van der Waals surface area contributed by atoms with Gasteiger partial charge in [-0.1, -0.05) is 29.8 Å². The second kappa shape index (κ2) is 4.27. The molecule has 1 nitrogen and oxygen atoms in total. The minimum absolute atomic E-state index is 0.331. The fraction of sp³-hybridized carbons (Fsp3) is 0.0714. The van der Waals surface area contributed by atoms with Crippen LogP contribution in [0.2, 0.25) is 0 Å². The van der Waals surface area contributed by atoms with E-state index >= 15 is 0 Å². The molecule has 2 heteroatoms. The summed E-state index contributed by atoms with van der Waals surface area (Å²) < 4.78 is 13.2. The van der Waals surface area contributed by atoms with E-state index in [1.54, 1.807) is 0 Å². The Bertz CT molecular complexity index is 532. The summed E-state index contributed by atoms with van der Waals surface area (Å²) in [4.78, 5) is 10.9. The smallest absolute Gasteiger partial charge is 0.150 e. The largest absolute Gasteiger partial charge is 0.298 e. The van der Waals surface area contributed by atoms with E-state index in [0.717, 1.165) is 17.4 Å². The number of benzene rings is 2. The topological polar surface area (TPSA) is 17.1 Å². The average Bonchev–Trinajstić information content (AvgIpc) is 2.29. The Labute approximate surface area is 93.5 Å². The molecule has 0 radical (unpaired) electrons. The van der Waals surface area contributed by atoms with E-state index in [9.17, 15) is 9.18 Å². The van der Waals surface area contributed by atoms with Gasteiger partial charge in [0.25, 0.3) is 0 Å². The standard InChI is InChI=1S/C14H11FO/c1-10-3-2-4-11(7-10)14-8-13(15)6-5-12(14)9-16/h2-9H,1H3. The van der Waals surface area contributed by atoms with Crippen LogP contribution in [-0.4, -0.2) is 6.29 Å². The predicted octanol–water partition coefficient (Wildman–Crippen LogP) is 3.61. The zero-order chi connectivity index (χ0) is 11.5. The van der Waals surface area contributed by atoms with Crippen molar-refractivity contribution in [2.24, 2.45) is 0 Å². The van der Waals surface area contributed by atoms with Gasteiger partial charge in [-0.2, -0.15) is 0 Å². The Morgan fingerprint density at radius 3 is 2.62 bits per heavy atom. The monoisotopic (exact) mass is 214 g/mol. The first-order valence-corrected chi connectivity index (χ1v) is 5.02. The molecule has 16 heavy (non-hydrogen) atoms. The van der Waals surface area contributed by atoms with Gasteiger partial charge in [0.05, 0.1) is 0 Å². The van der Waals surface area contributed by atoms with Crippen LogP contribution in [0.5, 0.6) is 0 Å². The SMILES string of the molecule is Cc1cccc(-c2cc(F)ccc2C=O)c1. The van der Waals surface area contributed by atoms with Crippen molar-refractivity contribution in [3.63, 3.8) is 0 Å². The highest BCUT2D eigenvalue weighted by Crippen LogP contribution is 2.24. The van der Waals surface area contributed by atoms with E-state index in [0.29, 0.717) is 11.1 Å². The van der Waals surface area contributed by atoms with E-state index in [1.807, 2.05) is 31.2 Å². The van der Waals surface area contributed by atoms with Crippen molar-refractivity contribution in [3.05, 3.63) is 59.4 Å². The summed E-state index contributed by atoms with van der Waals surface area (Å²) in [6.07, 6.45) is 0.747. The van der Waals surface area contributed by atoms with Crippen molar-refractivity contribution < 1.29 is 9.18 Å². The summed E-state index contributed by atoms with van der Waals surface area (Å²) >= 11 is 0. The van der Waals surface area contributed by atoms with Gasteiger partial charge in [-0.15, -0.1) is 0 Å². The zero-order valence-electron chi connectivity index (χ0n) is 8.91. The van der Waals surface area contributed by atoms with Crippen LogP contribution in [0.3, 0.4) is 0 Å². The van der Waals surface area contributed by atoms with Gasteiger partial charge in [0.15, 0.2) is 6.29 Å². The zero-order valence-corrected chi connectivity index (χ0v) is 8.91. The second-order valence-corrected chi connectivity index (χ2v) is 3.72. The van der Waals surface area contributed by atoms with E-state index in [1.165, 1.54) is 18.2 Å². The van der Waals surface area contributed by atoms with Crippen LogP contribution in [0.1, 0.15) is 15.9 Å². The molecule has 0 atom stereocenters. The third-order valence-corrected chi connectivity index (χ3v) is 2.47. The molecule has 0 heterocycles. The summed E-state index contributed by atoms with van der Waals surface area (Å²) in [6.45, 7) is 1.96. The predicted molar refractivity (Wildman–Crippen MR) is 62.0 cm³/mol. The Balaban J connectivity index is 2.62. The molecule has 0 aliphatic rings. The quantitative estimate of drug-likeness (QED) is 0.698. The highest BCUT2D eigenvalue weighted by atomic mass is 19.1. The van der Waals surface area contributed by atoms with E-state index in [-0.39, 0.29) is 5.82 Å². The van der Waals surface area contributed by atoms with Crippen LogP contribution in [-0.2, 0) is 0 Å². The first-order valence-electron chi connectivity index (χ1n) is 5.02. The molecule has 0 bridgehead atoms. The lowest BCUT2D eigenvalue weighted by Crippen LogP contribution is -1.89. The van der Waals surface area contributed by atoms with Crippen LogP contribution < -0.4 is 0 Å². The molecule has 0 amide bonds. The van der Waals surface area contributed by atoms with Gasteiger partial charge in [-0.05, 0) is 36.2 Å². The van der Waals surface area contributed by atoms with E-state index < -0.39 is 0 Å². The number of rotatable bonds is 2. The molecule has 0 unspecified atom stereocenters. The molecular formula is C14H11FO. The first-order chi connectivity index (χ1) is 7.70. The molecule has 0 aliphatic heterocycles. The molecule has 0 saturated heterocycles. The average molecular weight is 214 g/mol. The summed E-state index contributed by atoms with van der Waals surface area (Å²) in [7, 11) is 0. The minimum atomic E-state index is -0.331. The number of hydrogen-bond donors (Lipinski definition) is 0. The Hall–Kier alpha value is -1.96. The lowest BCUT2D eigenvalue weighted by molar-refractivity contribution is 0.112. The number of aryl methyl sites for hydroxylation is 1. The van der Waals surface area contributed by atoms with Crippen molar-refractivity contribution in [1.82, 2.24) is 0 Å². The van der Waals surface area contributed by atoms with E-state index in [4.69, 9.17) is 0 Å². The van der Waals surface area contributed by atoms with Crippen LogP contribution in [0, 0.1) is 12.7 Å². The summed E-state index contributed by atoms with van der Waals surface area (Å²) in [6, 6.07) is 11.8. The third kappa shape index (κ3) is 2.01. The maximum atomic E-state index is 13.2. The number of hydrogen-bond acceptors (Lipinski definition) is 1. The van der Waals surface area contributed by atoms with Crippen LogP contribution >= 0.6 is 0 Å². The van der Waals surface area contributed by atoms with Crippen molar-refractivity contribution in [3.8, 4) is 11.1 Å². The lowest BCUT2D eigenvalue weighted by Gasteiger charge is -2.06. The molecule has 0 aromatic heterocycles. The lowest BCUT2D eigenvalue weighted by atomic mass is 9.99. The summed E-state index contributed by atoms with van der Waals surface area (Å²) in [5.41, 5.74) is 3.09. The number of carbonyl (C=O) groups excluding carboxylic acids is 1. The Morgan fingerprint density at radius 2 is 1.94 bits per heavy atom. The fourth-order valence-corrected chi connectivity index (χ4v) is 1.69. The molecule has 0 spiro atoms. The van der Waals surface area contributed by atoms with Crippen molar-refractivity contribution in [2.75, 3.05) is 0 Å². The summed E-state index contributed by atoms with van der Waals surface area (Å²) in [5.74, 6) is -0.331. The highest BCUT2D eigenvalue weighted by Gasteiger charge is 2.05. The minimum Gasteiger partial charge on any atom is -0.298 e. The molecule has 2 aromatic carbocycles.